The summed E-state index contributed by atoms with van der Waals surface area (Å²) in [7, 11) is -4.31. The highest BCUT2D eigenvalue weighted by Gasteiger charge is 2.19. The summed E-state index contributed by atoms with van der Waals surface area (Å²) >= 11 is 5.44. The minimum atomic E-state index is -4.31. The third-order valence-corrected chi connectivity index (χ3v) is 5.45. The first-order valence-electron chi connectivity index (χ1n) is 4.93. The number of thioether (sulfide) groups is 1. The number of rotatable bonds is 4. The highest BCUT2D eigenvalue weighted by Crippen LogP contribution is 2.44. The van der Waals surface area contributed by atoms with Gasteiger partial charge in [0.15, 0.2) is 11.5 Å². The Bertz CT molecular complexity index is 754. The fourth-order valence-electron chi connectivity index (χ4n) is 1.40. The molecular formula is C9H7BrN3O4PS2. The van der Waals surface area contributed by atoms with Crippen LogP contribution in [0.25, 0.3) is 10.2 Å². The van der Waals surface area contributed by atoms with Crippen LogP contribution in [0.4, 0.5) is 5.13 Å². The maximum Gasteiger partial charge on any atom is 0.362 e. The number of fused-ring (bicyclic) bond motifs is 1. The van der Waals surface area contributed by atoms with Crippen molar-refractivity contribution in [2.75, 3.05) is 12.1 Å². The topological polar surface area (TPSA) is 129 Å². The van der Waals surface area contributed by atoms with E-state index in [-0.39, 0.29) is 5.75 Å². The molecule has 20 heavy (non-hydrogen) atoms. The van der Waals surface area contributed by atoms with Gasteiger partial charge in [0.2, 0.25) is 0 Å². The second-order valence-corrected chi connectivity index (χ2v) is 7.79. The molecule has 0 aliphatic carbocycles. The molecule has 0 amide bonds. The molecule has 0 saturated carbocycles. The molecule has 11 heteroatoms. The summed E-state index contributed by atoms with van der Waals surface area (Å²) in [4.78, 5) is 22.4. The lowest BCUT2D eigenvalue weighted by Gasteiger charge is -2.10. The first kappa shape index (κ1) is 15.6. The minimum absolute atomic E-state index is 0.178. The fraction of sp³-hybridized carbons (Fsp3) is 0.111. The lowest BCUT2D eigenvalue weighted by atomic mass is 10.3. The van der Waals surface area contributed by atoms with Crippen molar-refractivity contribution in [2.45, 2.75) is 4.90 Å². The number of anilines is 1. The van der Waals surface area contributed by atoms with Crippen LogP contribution in [-0.4, -0.2) is 21.1 Å². The molecule has 2 rings (SSSR count). The van der Waals surface area contributed by atoms with Gasteiger partial charge in [-0.1, -0.05) is 11.3 Å². The fourth-order valence-corrected chi connectivity index (χ4v) is 3.81. The largest absolute Gasteiger partial charge is 0.479 e. The summed E-state index contributed by atoms with van der Waals surface area (Å²) in [6, 6.07) is 1.50. The standard InChI is InChI=1S/C9H7BrN3O4PS2/c10-6-5(19-2-11)1-4(17-3-18(14,15)16)7-8(6)20-9(12)13-7/h1H,3H2,(H2,12,13)(H2,14,15,16). The summed E-state index contributed by atoms with van der Waals surface area (Å²) in [5, 5.41) is 11.0. The number of benzene rings is 1. The summed E-state index contributed by atoms with van der Waals surface area (Å²) in [5.74, 6) is 0.178. The number of thiazole rings is 1. The molecule has 1 aromatic carbocycles. The number of hydrogen-bond donors (Lipinski definition) is 3. The maximum atomic E-state index is 10.9. The van der Waals surface area contributed by atoms with Gasteiger partial charge in [0.1, 0.15) is 16.7 Å². The monoisotopic (exact) mass is 395 g/mol. The zero-order valence-corrected chi connectivity index (χ0v) is 13.7. The Morgan fingerprint density at radius 3 is 2.95 bits per heavy atom. The van der Waals surface area contributed by atoms with Gasteiger partial charge >= 0.3 is 7.60 Å². The van der Waals surface area contributed by atoms with Gasteiger partial charge in [-0.25, -0.2) is 4.98 Å². The molecule has 1 heterocycles. The second-order valence-electron chi connectivity index (χ2n) is 3.55. The van der Waals surface area contributed by atoms with Crippen LogP contribution in [0.3, 0.4) is 0 Å². The van der Waals surface area contributed by atoms with E-state index in [2.05, 4.69) is 20.9 Å². The van der Waals surface area contributed by atoms with E-state index in [1.54, 1.807) is 0 Å². The van der Waals surface area contributed by atoms with E-state index in [9.17, 15) is 4.57 Å². The Morgan fingerprint density at radius 1 is 1.65 bits per heavy atom. The third kappa shape index (κ3) is 3.44. The normalized spacial score (nSPS) is 11.5. The van der Waals surface area contributed by atoms with Crippen molar-refractivity contribution in [3.8, 4) is 11.2 Å². The van der Waals surface area contributed by atoms with E-state index >= 15 is 0 Å². The van der Waals surface area contributed by atoms with Crippen LogP contribution in [0.5, 0.6) is 5.75 Å². The zero-order valence-electron chi connectivity index (χ0n) is 9.61. The average Bonchev–Trinajstić information content (AvgIpc) is 2.72. The zero-order chi connectivity index (χ0) is 14.9. The molecule has 1 aromatic heterocycles. The van der Waals surface area contributed by atoms with E-state index < -0.39 is 13.9 Å². The van der Waals surface area contributed by atoms with E-state index in [4.69, 9.17) is 25.5 Å². The van der Waals surface area contributed by atoms with Crippen molar-refractivity contribution in [3.05, 3.63) is 10.5 Å². The van der Waals surface area contributed by atoms with Crippen LogP contribution < -0.4 is 10.5 Å². The Labute approximate surface area is 130 Å². The van der Waals surface area contributed by atoms with E-state index in [0.29, 0.717) is 24.7 Å². The van der Waals surface area contributed by atoms with Crippen molar-refractivity contribution < 1.29 is 19.1 Å². The van der Waals surface area contributed by atoms with Crippen LogP contribution >= 0.6 is 46.6 Å². The molecule has 0 spiro atoms. The number of nitrogen functional groups attached to an aromatic ring is 1. The summed E-state index contributed by atoms with van der Waals surface area (Å²) in [6.45, 7) is 0. The van der Waals surface area contributed by atoms with Crippen LogP contribution in [0.15, 0.2) is 15.4 Å². The van der Waals surface area contributed by atoms with Crippen molar-refractivity contribution >= 4 is 62.0 Å². The Kier molecular flexibility index (Phi) is 4.59. The molecule has 7 nitrogen and oxygen atoms in total. The molecule has 0 unspecified atom stereocenters. The van der Waals surface area contributed by atoms with Crippen molar-refractivity contribution in [3.63, 3.8) is 0 Å². The summed E-state index contributed by atoms with van der Waals surface area (Å²) < 4.78 is 17.3. The third-order valence-electron chi connectivity index (χ3n) is 2.10. The van der Waals surface area contributed by atoms with Crippen molar-refractivity contribution in [2.24, 2.45) is 0 Å². The molecule has 0 radical (unpaired) electrons. The number of ether oxygens (including phenoxy) is 1. The smallest absolute Gasteiger partial charge is 0.362 e. The van der Waals surface area contributed by atoms with Gasteiger partial charge < -0.3 is 20.3 Å². The number of nitrogens with two attached hydrogens (primary N) is 1. The molecule has 4 N–H and O–H groups in total. The first-order valence-corrected chi connectivity index (χ1v) is 9.16. The first-order chi connectivity index (χ1) is 9.31. The Hall–Kier alpha value is -0.820. The highest BCUT2D eigenvalue weighted by atomic mass is 79.9. The highest BCUT2D eigenvalue weighted by molar-refractivity contribution is 9.10. The lowest BCUT2D eigenvalue weighted by Crippen LogP contribution is -1.99. The van der Waals surface area contributed by atoms with E-state index in [1.165, 1.54) is 17.4 Å². The van der Waals surface area contributed by atoms with E-state index in [0.717, 1.165) is 11.8 Å². The number of aromatic nitrogens is 1. The van der Waals surface area contributed by atoms with Crippen LogP contribution in [-0.2, 0) is 4.57 Å². The van der Waals surface area contributed by atoms with Gasteiger partial charge in [0, 0.05) is 4.90 Å². The van der Waals surface area contributed by atoms with Crippen LogP contribution in [0, 0.1) is 10.7 Å². The molecule has 0 fully saturated rings. The van der Waals surface area contributed by atoms with Gasteiger partial charge in [0.05, 0.1) is 9.17 Å². The van der Waals surface area contributed by atoms with Gasteiger partial charge in [-0.05, 0) is 33.8 Å². The molecule has 106 valence electrons. The minimum Gasteiger partial charge on any atom is -0.479 e. The summed E-state index contributed by atoms with van der Waals surface area (Å²) in [6.07, 6.45) is -0.766. The van der Waals surface area contributed by atoms with Crippen LogP contribution in [0.1, 0.15) is 0 Å². The molecule has 0 saturated heterocycles. The quantitative estimate of drug-likeness (QED) is 0.409. The van der Waals surface area contributed by atoms with Gasteiger partial charge in [-0.2, -0.15) is 5.26 Å². The predicted molar refractivity (Wildman–Crippen MR) is 80.7 cm³/mol. The second kappa shape index (κ2) is 5.89. The molecule has 0 aliphatic rings. The Balaban J connectivity index is 2.54. The van der Waals surface area contributed by atoms with Gasteiger partial charge in [-0.15, -0.1) is 0 Å². The number of halogens is 1. The number of nitrogens with zero attached hydrogens (tertiary/aromatic N) is 2. The molecule has 0 aliphatic heterocycles. The molecule has 2 aromatic rings. The molecular weight excluding hydrogens is 389 g/mol. The average molecular weight is 396 g/mol. The van der Waals surface area contributed by atoms with Gasteiger partial charge in [-0.3, -0.25) is 4.57 Å². The summed E-state index contributed by atoms with van der Waals surface area (Å²) in [5.41, 5.74) is 6.04. The molecule has 0 bridgehead atoms. The van der Waals surface area contributed by atoms with Gasteiger partial charge in [0.25, 0.3) is 0 Å². The SMILES string of the molecule is N#CSc1cc(OCP(=O)(O)O)c2nc(N)sc2c1Br. The van der Waals surface area contributed by atoms with Crippen LogP contribution in [0.2, 0.25) is 0 Å². The van der Waals surface area contributed by atoms with Crippen molar-refractivity contribution in [1.29, 1.82) is 5.26 Å². The number of nitriles is 1. The van der Waals surface area contributed by atoms with Crippen molar-refractivity contribution in [1.82, 2.24) is 4.98 Å². The van der Waals surface area contributed by atoms with E-state index in [1.807, 2.05) is 5.40 Å². The molecule has 0 atom stereocenters. The number of thiocyanates is 1. The Morgan fingerprint density at radius 2 is 2.35 bits per heavy atom. The number of hydrogen-bond acceptors (Lipinski definition) is 7. The maximum absolute atomic E-state index is 10.9. The predicted octanol–water partition coefficient (Wildman–Crippen LogP) is 2.73. The lowest BCUT2D eigenvalue weighted by molar-refractivity contribution is 0.302.